The van der Waals surface area contributed by atoms with Crippen LogP contribution >= 0.6 is 0 Å². The molecule has 10 nitrogen and oxygen atoms in total. The van der Waals surface area contributed by atoms with Crippen molar-refractivity contribution in [3.05, 3.63) is 66.6 Å². The van der Waals surface area contributed by atoms with Crippen molar-refractivity contribution in [2.24, 2.45) is 0 Å². The van der Waals surface area contributed by atoms with Crippen LogP contribution in [0.2, 0.25) is 0 Å². The zero-order valence-electron chi connectivity index (χ0n) is 20.7. The molecule has 2 N–H and O–H groups in total. The summed E-state index contributed by atoms with van der Waals surface area (Å²) in [6, 6.07) is 11.5. The van der Waals surface area contributed by atoms with Gasteiger partial charge in [0.15, 0.2) is 0 Å². The molecule has 13 heteroatoms. The van der Waals surface area contributed by atoms with Crippen LogP contribution in [0.25, 0.3) is 22.0 Å². The Kier molecular flexibility index (Phi) is 7.23. The number of hydrogen-bond donors (Lipinski definition) is 2. The first-order chi connectivity index (χ1) is 18.8. The summed E-state index contributed by atoms with van der Waals surface area (Å²) < 4.78 is 60.9. The summed E-state index contributed by atoms with van der Waals surface area (Å²) in [6.45, 7) is 2.02. The topological polar surface area (TPSA) is 133 Å². The molecule has 1 atom stereocenters. The Hall–Kier alpha value is -4.41. The van der Waals surface area contributed by atoms with E-state index >= 15 is 0 Å². The molecule has 39 heavy (non-hydrogen) atoms. The molecule has 2 aromatic carbocycles. The third-order valence-corrected chi connectivity index (χ3v) is 7.71. The highest BCUT2D eigenvalue weighted by molar-refractivity contribution is 7.92. The van der Waals surface area contributed by atoms with Crippen molar-refractivity contribution in [1.82, 2.24) is 20.3 Å². The van der Waals surface area contributed by atoms with E-state index in [0.29, 0.717) is 48.8 Å². The Morgan fingerprint density at radius 3 is 2.77 bits per heavy atom. The first-order valence-electron chi connectivity index (χ1n) is 11.9. The Morgan fingerprint density at radius 2 is 2.00 bits per heavy atom. The van der Waals surface area contributed by atoms with Crippen molar-refractivity contribution in [3.8, 4) is 23.1 Å². The molecule has 1 fully saturated rings. The number of methoxy groups -OCH3 is 1. The SMILES string of the molecule is COc1ncc(-c2ccc3ncnc(N4CCN[C@@H](CC#N)C4)c3c2)cc1NS(=O)(=O)c1ccc(F)cc1F. The van der Waals surface area contributed by atoms with E-state index in [-0.39, 0.29) is 17.6 Å². The number of sulfonamides is 1. The lowest BCUT2D eigenvalue weighted by Crippen LogP contribution is -2.50. The minimum atomic E-state index is -4.43. The van der Waals surface area contributed by atoms with Crippen LogP contribution in [0.4, 0.5) is 20.3 Å². The molecule has 0 radical (unpaired) electrons. The maximum atomic E-state index is 14.2. The van der Waals surface area contributed by atoms with Gasteiger partial charge in [0.25, 0.3) is 10.0 Å². The van der Waals surface area contributed by atoms with Crippen molar-refractivity contribution < 1.29 is 21.9 Å². The van der Waals surface area contributed by atoms with Gasteiger partial charge >= 0.3 is 0 Å². The molecule has 2 aromatic heterocycles. The number of halogens is 2. The second-order valence-electron chi connectivity index (χ2n) is 8.85. The van der Waals surface area contributed by atoms with Gasteiger partial charge in [-0.1, -0.05) is 6.07 Å². The molecule has 4 aromatic rings. The second kappa shape index (κ2) is 10.8. The van der Waals surface area contributed by atoms with E-state index in [9.17, 15) is 17.2 Å². The van der Waals surface area contributed by atoms with Gasteiger partial charge in [0.1, 0.15) is 34.4 Å². The lowest BCUT2D eigenvalue weighted by atomic mass is 10.0. The molecular weight excluding hydrogens is 528 g/mol. The van der Waals surface area contributed by atoms with Crippen LogP contribution < -0.4 is 19.7 Å². The second-order valence-corrected chi connectivity index (χ2v) is 10.5. The number of nitrogens with one attached hydrogen (secondary N) is 2. The smallest absolute Gasteiger partial charge is 0.264 e. The van der Waals surface area contributed by atoms with Crippen LogP contribution in [0.5, 0.6) is 5.88 Å². The molecule has 1 aliphatic heterocycles. The molecule has 0 saturated carbocycles. The summed E-state index contributed by atoms with van der Waals surface area (Å²) in [6.07, 6.45) is 3.39. The van der Waals surface area contributed by atoms with Crippen LogP contribution in [0.3, 0.4) is 0 Å². The molecular formula is C26H23F2N7O3S. The number of hydrogen-bond acceptors (Lipinski definition) is 9. The monoisotopic (exact) mass is 551 g/mol. The first-order valence-corrected chi connectivity index (χ1v) is 13.4. The highest BCUT2D eigenvalue weighted by Crippen LogP contribution is 2.33. The fourth-order valence-corrected chi connectivity index (χ4v) is 5.59. The zero-order valence-corrected chi connectivity index (χ0v) is 21.5. The minimum absolute atomic E-state index is 0.0178. The van der Waals surface area contributed by atoms with Gasteiger partial charge in [-0.3, -0.25) is 4.72 Å². The molecule has 0 unspecified atom stereocenters. The third-order valence-electron chi connectivity index (χ3n) is 6.31. The number of ether oxygens (including phenoxy) is 1. The lowest BCUT2D eigenvalue weighted by molar-refractivity contribution is 0.400. The number of aromatic nitrogens is 3. The van der Waals surface area contributed by atoms with Crippen molar-refractivity contribution in [1.29, 1.82) is 5.26 Å². The standard InChI is InChI=1S/C26H23F2N7O3S/c1-38-26-23(34-39(36,37)24-5-3-18(27)12-21(24)28)11-17(13-31-26)16-2-4-22-20(10-16)25(33-15-32-22)35-9-8-30-19(14-35)6-7-29/h2-5,10-13,15,19,30,34H,6,8-9,14H2,1H3/t19-/m0/s1. The molecule has 0 bridgehead atoms. The van der Waals surface area contributed by atoms with Gasteiger partial charge in [0.05, 0.1) is 25.1 Å². The molecule has 1 aliphatic rings. The van der Waals surface area contributed by atoms with Gasteiger partial charge in [0, 0.05) is 48.9 Å². The van der Waals surface area contributed by atoms with E-state index in [2.05, 4.69) is 36.0 Å². The molecule has 3 heterocycles. The molecule has 0 aliphatic carbocycles. The Balaban J connectivity index is 1.52. The summed E-state index contributed by atoms with van der Waals surface area (Å²) in [4.78, 5) is 14.5. The average molecular weight is 552 g/mol. The maximum Gasteiger partial charge on any atom is 0.264 e. The van der Waals surface area contributed by atoms with Gasteiger partial charge in [-0.05, 0) is 35.9 Å². The Morgan fingerprint density at radius 1 is 1.15 bits per heavy atom. The fourth-order valence-electron chi connectivity index (χ4n) is 4.48. The van der Waals surface area contributed by atoms with Crippen molar-refractivity contribution in [2.45, 2.75) is 17.4 Å². The van der Waals surface area contributed by atoms with E-state index in [1.54, 1.807) is 0 Å². The van der Waals surface area contributed by atoms with Crippen molar-refractivity contribution >= 4 is 32.4 Å². The van der Waals surface area contributed by atoms with Crippen LogP contribution in [-0.2, 0) is 10.0 Å². The van der Waals surface area contributed by atoms with Crippen molar-refractivity contribution in [2.75, 3.05) is 36.4 Å². The number of fused-ring (bicyclic) bond motifs is 1. The summed E-state index contributed by atoms with van der Waals surface area (Å²) >= 11 is 0. The molecule has 0 spiro atoms. The number of anilines is 2. The zero-order chi connectivity index (χ0) is 27.6. The number of nitrogens with zero attached hydrogens (tertiary/aromatic N) is 5. The van der Waals surface area contributed by atoms with E-state index in [1.165, 1.54) is 25.7 Å². The summed E-state index contributed by atoms with van der Waals surface area (Å²) in [5.41, 5.74) is 1.94. The van der Waals surface area contributed by atoms with Crippen LogP contribution in [0.15, 0.2) is 59.9 Å². The largest absolute Gasteiger partial charge is 0.480 e. The number of benzene rings is 2. The van der Waals surface area contributed by atoms with E-state index in [0.717, 1.165) is 23.3 Å². The Bertz CT molecular complexity index is 1700. The molecule has 0 amide bonds. The highest BCUT2D eigenvalue weighted by atomic mass is 32.2. The van der Waals surface area contributed by atoms with Crippen LogP contribution in [-0.4, -0.2) is 56.2 Å². The van der Waals surface area contributed by atoms with Crippen LogP contribution in [0.1, 0.15) is 6.42 Å². The fraction of sp³-hybridized carbons (Fsp3) is 0.231. The summed E-state index contributed by atoms with van der Waals surface area (Å²) in [5.74, 6) is -1.43. The van der Waals surface area contributed by atoms with E-state index < -0.39 is 26.6 Å². The molecule has 200 valence electrons. The van der Waals surface area contributed by atoms with Gasteiger partial charge < -0.3 is 15.0 Å². The van der Waals surface area contributed by atoms with Gasteiger partial charge in [0.2, 0.25) is 5.88 Å². The maximum absolute atomic E-state index is 14.2. The number of piperazine rings is 1. The average Bonchev–Trinajstić information content (AvgIpc) is 2.92. The van der Waals surface area contributed by atoms with Gasteiger partial charge in [-0.25, -0.2) is 32.2 Å². The lowest BCUT2D eigenvalue weighted by Gasteiger charge is -2.34. The quantitative estimate of drug-likeness (QED) is 0.354. The van der Waals surface area contributed by atoms with Crippen molar-refractivity contribution in [3.63, 3.8) is 0 Å². The third kappa shape index (κ3) is 5.43. The number of pyridine rings is 1. The molecule has 5 rings (SSSR count). The van der Waals surface area contributed by atoms with Gasteiger partial charge in [-0.15, -0.1) is 0 Å². The predicted octanol–water partition coefficient (Wildman–Crippen LogP) is 3.47. The number of rotatable bonds is 7. The van der Waals surface area contributed by atoms with Crippen LogP contribution in [0, 0.1) is 23.0 Å². The summed E-state index contributed by atoms with van der Waals surface area (Å²) in [7, 11) is -3.10. The highest BCUT2D eigenvalue weighted by Gasteiger charge is 2.24. The van der Waals surface area contributed by atoms with Gasteiger partial charge in [-0.2, -0.15) is 5.26 Å². The predicted molar refractivity (Wildman–Crippen MR) is 141 cm³/mol. The van der Waals surface area contributed by atoms with E-state index in [1.807, 2.05) is 18.2 Å². The minimum Gasteiger partial charge on any atom is -0.480 e. The van der Waals surface area contributed by atoms with E-state index in [4.69, 9.17) is 10.00 Å². The Labute approximate surface area is 223 Å². The molecule has 1 saturated heterocycles. The normalized spacial score (nSPS) is 15.6. The first kappa shape index (κ1) is 26.2. The summed E-state index contributed by atoms with van der Waals surface area (Å²) in [5, 5.41) is 13.2. The number of nitriles is 1.